The number of amides is 3. The second-order valence-electron chi connectivity index (χ2n) is 7.03. The summed E-state index contributed by atoms with van der Waals surface area (Å²) < 4.78 is 18.8. The van der Waals surface area contributed by atoms with Gasteiger partial charge in [-0.25, -0.2) is 9.18 Å². The summed E-state index contributed by atoms with van der Waals surface area (Å²) in [6.07, 6.45) is 1.42. The smallest absolute Gasteiger partial charge is 0.329 e. The number of aromatic carboxylic acids is 1. The lowest BCUT2D eigenvalue weighted by atomic mass is 10.0. The van der Waals surface area contributed by atoms with Gasteiger partial charge in [0.1, 0.15) is 23.0 Å². The van der Waals surface area contributed by atoms with Crippen LogP contribution in [0.4, 0.5) is 9.18 Å². The Labute approximate surface area is 176 Å². The van der Waals surface area contributed by atoms with Crippen molar-refractivity contribution in [3.05, 3.63) is 88.6 Å². The van der Waals surface area contributed by atoms with Crippen LogP contribution in [-0.2, 0) is 11.3 Å². The molecule has 8 heteroatoms. The van der Waals surface area contributed by atoms with Gasteiger partial charge in [-0.3, -0.25) is 9.69 Å². The van der Waals surface area contributed by atoms with E-state index in [0.29, 0.717) is 28.2 Å². The number of carbonyl (C=O) groups is 3. The number of hydrogen-bond donors (Lipinski definition) is 1. The van der Waals surface area contributed by atoms with Crippen LogP contribution in [-0.4, -0.2) is 22.8 Å². The van der Waals surface area contributed by atoms with E-state index in [9.17, 15) is 23.9 Å². The first-order chi connectivity index (χ1) is 14.8. The number of furan rings is 1. The zero-order valence-corrected chi connectivity index (χ0v) is 16.3. The Morgan fingerprint density at radius 1 is 1.13 bits per heavy atom. The van der Waals surface area contributed by atoms with Crippen molar-refractivity contribution >= 4 is 24.0 Å². The number of benzene rings is 2. The van der Waals surface area contributed by atoms with Gasteiger partial charge in [0, 0.05) is 11.6 Å². The van der Waals surface area contributed by atoms with E-state index >= 15 is 0 Å². The Balaban J connectivity index is 1.54. The molecule has 0 atom stereocenters. The molecule has 7 nitrogen and oxygen atoms in total. The highest BCUT2D eigenvalue weighted by Gasteiger charge is 2.33. The van der Waals surface area contributed by atoms with Crippen molar-refractivity contribution in [3.63, 3.8) is 0 Å². The van der Waals surface area contributed by atoms with Gasteiger partial charge in [0.2, 0.25) is 0 Å². The number of rotatable bonds is 5. The highest BCUT2D eigenvalue weighted by molar-refractivity contribution is 6.13. The van der Waals surface area contributed by atoms with Gasteiger partial charge in [-0.15, -0.1) is 0 Å². The van der Waals surface area contributed by atoms with Gasteiger partial charge in [-0.05, 0) is 53.9 Å². The Morgan fingerprint density at radius 2 is 1.87 bits per heavy atom. The second-order valence-corrected chi connectivity index (χ2v) is 7.03. The molecule has 1 saturated heterocycles. The molecule has 156 valence electrons. The largest absolute Gasteiger partial charge is 0.545 e. The molecule has 0 aliphatic carbocycles. The molecular formula is C23H16FN2O5-. The van der Waals surface area contributed by atoms with Crippen LogP contribution < -0.4 is 10.4 Å². The van der Waals surface area contributed by atoms with Crippen molar-refractivity contribution in [1.29, 1.82) is 0 Å². The molecule has 0 spiro atoms. The Bertz CT molecular complexity index is 1230. The van der Waals surface area contributed by atoms with Crippen LogP contribution in [0.3, 0.4) is 0 Å². The minimum atomic E-state index is -1.26. The quantitative estimate of drug-likeness (QED) is 0.506. The van der Waals surface area contributed by atoms with Crippen molar-refractivity contribution in [2.45, 2.75) is 13.5 Å². The van der Waals surface area contributed by atoms with Gasteiger partial charge < -0.3 is 19.6 Å². The molecule has 1 aliphatic heterocycles. The SMILES string of the molecule is Cc1cc(C(=O)[O-])ccc1-c1ccc(/C=C2\NC(=O)N(Cc3ccc(F)cc3)C2=O)o1. The Morgan fingerprint density at radius 3 is 2.55 bits per heavy atom. The number of halogens is 1. The van der Waals surface area contributed by atoms with Crippen LogP contribution in [0.15, 0.2) is 64.7 Å². The fourth-order valence-corrected chi connectivity index (χ4v) is 3.27. The third-order valence-corrected chi connectivity index (χ3v) is 4.86. The van der Waals surface area contributed by atoms with Gasteiger partial charge in [0.25, 0.3) is 5.91 Å². The van der Waals surface area contributed by atoms with Crippen LogP contribution in [0.1, 0.15) is 27.2 Å². The van der Waals surface area contributed by atoms with Crippen LogP contribution >= 0.6 is 0 Å². The molecule has 0 radical (unpaired) electrons. The van der Waals surface area contributed by atoms with Crippen molar-refractivity contribution in [1.82, 2.24) is 10.2 Å². The molecular weight excluding hydrogens is 403 g/mol. The van der Waals surface area contributed by atoms with Crippen LogP contribution in [0.2, 0.25) is 0 Å². The van der Waals surface area contributed by atoms with Crippen molar-refractivity contribution in [2.75, 3.05) is 0 Å². The summed E-state index contributed by atoms with van der Waals surface area (Å²) in [5, 5.41) is 13.5. The predicted molar refractivity (Wildman–Crippen MR) is 107 cm³/mol. The number of imide groups is 1. The van der Waals surface area contributed by atoms with E-state index in [1.165, 1.54) is 42.5 Å². The molecule has 1 aliphatic rings. The molecule has 31 heavy (non-hydrogen) atoms. The highest BCUT2D eigenvalue weighted by Crippen LogP contribution is 2.27. The molecule has 3 amide bonds. The fraction of sp³-hybridized carbons (Fsp3) is 0.0870. The molecule has 0 bridgehead atoms. The van der Waals surface area contributed by atoms with Crippen molar-refractivity contribution < 1.29 is 28.3 Å². The number of urea groups is 1. The molecule has 1 N–H and O–H groups in total. The average molecular weight is 419 g/mol. The zero-order valence-electron chi connectivity index (χ0n) is 16.3. The molecule has 0 saturated carbocycles. The summed E-state index contributed by atoms with van der Waals surface area (Å²) in [5.74, 6) is -1.37. The Kier molecular flexibility index (Phi) is 5.12. The molecule has 4 rings (SSSR count). The van der Waals surface area contributed by atoms with E-state index in [1.807, 2.05) is 0 Å². The first-order valence-corrected chi connectivity index (χ1v) is 9.33. The first-order valence-electron chi connectivity index (χ1n) is 9.33. The number of carbonyl (C=O) groups excluding carboxylic acids is 3. The van der Waals surface area contributed by atoms with Gasteiger partial charge >= 0.3 is 6.03 Å². The molecule has 2 aromatic carbocycles. The highest BCUT2D eigenvalue weighted by atomic mass is 19.1. The summed E-state index contributed by atoms with van der Waals surface area (Å²) in [6, 6.07) is 12.8. The van der Waals surface area contributed by atoms with Crippen molar-refractivity contribution in [2.24, 2.45) is 0 Å². The van der Waals surface area contributed by atoms with E-state index in [0.717, 1.165) is 4.90 Å². The number of hydrogen-bond acceptors (Lipinski definition) is 5. The molecule has 1 aromatic heterocycles. The van der Waals surface area contributed by atoms with Crippen LogP contribution in [0, 0.1) is 12.7 Å². The number of nitrogens with one attached hydrogen (secondary N) is 1. The summed E-state index contributed by atoms with van der Waals surface area (Å²) in [5.41, 5.74) is 2.11. The van der Waals surface area contributed by atoms with E-state index in [1.54, 1.807) is 25.1 Å². The third kappa shape index (κ3) is 4.09. The van der Waals surface area contributed by atoms with E-state index in [4.69, 9.17) is 4.42 Å². The normalized spacial score (nSPS) is 14.9. The lowest BCUT2D eigenvalue weighted by Crippen LogP contribution is -2.30. The first kappa shape index (κ1) is 20.1. The summed E-state index contributed by atoms with van der Waals surface area (Å²) in [6.45, 7) is 1.76. The maximum Gasteiger partial charge on any atom is 0.329 e. The van der Waals surface area contributed by atoms with E-state index < -0.39 is 23.7 Å². The number of nitrogens with zero attached hydrogens (tertiary/aromatic N) is 1. The number of carboxylic acids is 1. The van der Waals surface area contributed by atoms with Crippen LogP contribution in [0.5, 0.6) is 0 Å². The second kappa shape index (κ2) is 7.91. The summed E-state index contributed by atoms with van der Waals surface area (Å²) >= 11 is 0. The maximum atomic E-state index is 13.1. The number of aryl methyl sites for hydroxylation is 1. The summed E-state index contributed by atoms with van der Waals surface area (Å²) in [7, 11) is 0. The van der Waals surface area contributed by atoms with E-state index in [2.05, 4.69) is 5.32 Å². The topological polar surface area (TPSA) is 103 Å². The number of carboxylic acid groups (broad SMARTS) is 1. The minimum absolute atomic E-state index is 0.00959. The summed E-state index contributed by atoms with van der Waals surface area (Å²) in [4.78, 5) is 36.8. The lowest BCUT2D eigenvalue weighted by Gasteiger charge is -2.11. The van der Waals surface area contributed by atoms with Gasteiger partial charge in [0.15, 0.2) is 0 Å². The molecule has 2 heterocycles. The third-order valence-electron chi connectivity index (χ3n) is 4.86. The minimum Gasteiger partial charge on any atom is -0.545 e. The van der Waals surface area contributed by atoms with Gasteiger partial charge in [0.05, 0.1) is 12.5 Å². The fourth-order valence-electron chi connectivity index (χ4n) is 3.27. The molecule has 0 unspecified atom stereocenters. The van der Waals surface area contributed by atoms with Gasteiger partial charge in [-0.1, -0.05) is 24.3 Å². The monoisotopic (exact) mass is 419 g/mol. The maximum absolute atomic E-state index is 13.1. The van der Waals surface area contributed by atoms with Gasteiger partial charge in [-0.2, -0.15) is 0 Å². The van der Waals surface area contributed by atoms with E-state index in [-0.39, 0.29) is 17.8 Å². The Hall–Kier alpha value is -4.20. The standard InChI is InChI=1S/C23H17FN2O5/c1-13-10-15(22(28)29)4-8-18(13)20-9-7-17(31-20)11-19-21(27)26(23(30)25-19)12-14-2-5-16(24)6-3-14/h2-11H,12H2,1H3,(H,25,30)(H,28,29)/p-1/b19-11-. The van der Waals surface area contributed by atoms with Crippen molar-refractivity contribution in [3.8, 4) is 11.3 Å². The average Bonchev–Trinajstić information content (AvgIpc) is 3.29. The molecule has 3 aromatic rings. The lowest BCUT2D eigenvalue weighted by molar-refractivity contribution is -0.255. The predicted octanol–water partition coefficient (Wildman–Crippen LogP) is 2.85. The zero-order chi connectivity index (χ0) is 22.1. The molecule has 1 fully saturated rings. The van der Waals surface area contributed by atoms with Crippen LogP contribution in [0.25, 0.3) is 17.4 Å².